The van der Waals surface area contributed by atoms with Crippen molar-refractivity contribution >= 4 is 0 Å². The summed E-state index contributed by atoms with van der Waals surface area (Å²) in [6.45, 7) is 3.42. The molecule has 0 bridgehead atoms. The standard InChI is InChI=1S/C9H17N/c1-8-3-5-9(6-4-8)7-10-2/h3,9-10H,4-7H2,1-2H3/t9-/m1/s1. The van der Waals surface area contributed by atoms with Gasteiger partial charge in [-0.2, -0.15) is 0 Å². The number of allylic oxidation sites excluding steroid dienone is 2. The summed E-state index contributed by atoms with van der Waals surface area (Å²) < 4.78 is 0. The molecule has 1 atom stereocenters. The van der Waals surface area contributed by atoms with E-state index in [1.54, 1.807) is 5.57 Å². The van der Waals surface area contributed by atoms with Crippen molar-refractivity contribution in [1.29, 1.82) is 0 Å². The second-order valence-corrected chi connectivity index (χ2v) is 3.25. The van der Waals surface area contributed by atoms with Gasteiger partial charge in [-0.05, 0) is 45.7 Å². The van der Waals surface area contributed by atoms with Crippen molar-refractivity contribution in [3.05, 3.63) is 11.6 Å². The fourth-order valence-electron chi connectivity index (χ4n) is 1.49. The highest BCUT2D eigenvalue weighted by atomic mass is 14.8. The summed E-state index contributed by atoms with van der Waals surface area (Å²) >= 11 is 0. The molecule has 1 aliphatic rings. The molecule has 0 aliphatic heterocycles. The van der Waals surface area contributed by atoms with Crippen LogP contribution in [0.25, 0.3) is 0 Å². The third-order valence-electron chi connectivity index (χ3n) is 2.24. The van der Waals surface area contributed by atoms with Crippen molar-refractivity contribution in [1.82, 2.24) is 5.32 Å². The van der Waals surface area contributed by atoms with Crippen LogP contribution in [0, 0.1) is 5.92 Å². The Morgan fingerprint density at radius 1 is 1.70 bits per heavy atom. The number of rotatable bonds is 2. The molecule has 0 heterocycles. The maximum atomic E-state index is 3.22. The maximum absolute atomic E-state index is 3.22. The van der Waals surface area contributed by atoms with Crippen molar-refractivity contribution in [3.63, 3.8) is 0 Å². The van der Waals surface area contributed by atoms with Crippen molar-refractivity contribution < 1.29 is 0 Å². The quantitative estimate of drug-likeness (QED) is 0.577. The lowest BCUT2D eigenvalue weighted by molar-refractivity contribution is 0.450. The Kier molecular flexibility index (Phi) is 2.94. The van der Waals surface area contributed by atoms with E-state index in [1.807, 2.05) is 7.05 Å². The first-order chi connectivity index (χ1) is 4.83. The van der Waals surface area contributed by atoms with E-state index in [0.29, 0.717) is 0 Å². The van der Waals surface area contributed by atoms with Gasteiger partial charge in [-0.15, -0.1) is 0 Å². The third-order valence-corrected chi connectivity index (χ3v) is 2.24. The highest BCUT2D eigenvalue weighted by Gasteiger charge is 2.10. The average molecular weight is 139 g/mol. The molecule has 1 nitrogen and oxygen atoms in total. The van der Waals surface area contributed by atoms with Crippen LogP contribution in [0.2, 0.25) is 0 Å². The molecular weight excluding hydrogens is 122 g/mol. The molecule has 10 heavy (non-hydrogen) atoms. The van der Waals surface area contributed by atoms with E-state index in [-0.39, 0.29) is 0 Å². The van der Waals surface area contributed by atoms with E-state index < -0.39 is 0 Å². The molecule has 0 saturated carbocycles. The number of hydrogen-bond acceptors (Lipinski definition) is 1. The lowest BCUT2D eigenvalue weighted by Gasteiger charge is -2.19. The second kappa shape index (κ2) is 3.77. The van der Waals surface area contributed by atoms with Gasteiger partial charge in [0.15, 0.2) is 0 Å². The molecule has 0 aromatic rings. The first-order valence-electron chi connectivity index (χ1n) is 4.13. The Bertz CT molecular complexity index is 127. The fourth-order valence-corrected chi connectivity index (χ4v) is 1.49. The Morgan fingerprint density at radius 3 is 3.00 bits per heavy atom. The minimum Gasteiger partial charge on any atom is -0.319 e. The van der Waals surface area contributed by atoms with Gasteiger partial charge in [0.2, 0.25) is 0 Å². The van der Waals surface area contributed by atoms with Gasteiger partial charge in [0, 0.05) is 0 Å². The van der Waals surface area contributed by atoms with Crippen molar-refractivity contribution in [2.24, 2.45) is 5.92 Å². The lowest BCUT2D eigenvalue weighted by Crippen LogP contribution is -2.19. The Balaban J connectivity index is 2.27. The van der Waals surface area contributed by atoms with E-state index in [2.05, 4.69) is 18.3 Å². The van der Waals surface area contributed by atoms with Crippen LogP contribution in [0.4, 0.5) is 0 Å². The highest BCUT2D eigenvalue weighted by molar-refractivity contribution is 5.02. The van der Waals surface area contributed by atoms with Gasteiger partial charge >= 0.3 is 0 Å². The van der Waals surface area contributed by atoms with Gasteiger partial charge < -0.3 is 5.32 Å². The first-order valence-corrected chi connectivity index (χ1v) is 4.13. The minimum atomic E-state index is 0.897. The molecule has 0 unspecified atom stereocenters. The van der Waals surface area contributed by atoms with Crippen molar-refractivity contribution in [2.45, 2.75) is 26.2 Å². The summed E-state index contributed by atoms with van der Waals surface area (Å²) in [6.07, 6.45) is 6.35. The highest BCUT2D eigenvalue weighted by Crippen LogP contribution is 2.21. The first kappa shape index (κ1) is 7.80. The molecule has 0 fully saturated rings. The minimum absolute atomic E-state index is 0.897. The molecule has 1 heteroatoms. The van der Waals surface area contributed by atoms with Crippen LogP contribution < -0.4 is 5.32 Å². The van der Waals surface area contributed by atoms with Crippen LogP contribution in [0.1, 0.15) is 26.2 Å². The Labute approximate surface area is 63.5 Å². The normalized spacial score (nSPS) is 26.2. The van der Waals surface area contributed by atoms with Crippen LogP contribution in [0.5, 0.6) is 0 Å². The van der Waals surface area contributed by atoms with Gasteiger partial charge in [-0.3, -0.25) is 0 Å². The van der Waals surface area contributed by atoms with Crippen LogP contribution in [0.3, 0.4) is 0 Å². The molecular formula is C9H17N. The maximum Gasteiger partial charge on any atom is -0.00204 e. The van der Waals surface area contributed by atoms with Gasteiger partial charge in [0.25, 0.3) is 0 Å². The summed E-state index contributed by atoms with van der Waals surface area (Å²) in [5.41, 5.74) is 1.58. The van der Waals surface area contributed by atoms with E-state index >= 15 is 0 Å². The van der Waals surface area contributed by atoms with Crippen molar-refractivity contribution in [3.8, 4) is 0 Å². The van der Waals surface area contributed by atoms with Gasteiger partial charge in [0.05, 0.1) is 0 Å². The molecule has 0 aromatic heterocycles. The van der Waals surface area contributed by atoms with E-state index in [0.717, 1.165) is 5.92 Å². The van der Waals surface area contributed by atoms with Gasteiger partial charge in [-0.1, -0.05) is 11.6 Å². The van der Waals surface area contributed by atoms with Gasteiger partial charge in [0.1, 0.15) is 0 Å². The molecule has 0 amide bonds. The van der Waals surface area contributed by atoms with Crippen LogP contribution in [-0.4, -0.2) is 13.6 Å². The molecule has 1 rings (SSSR count). The van der Waals surface area contributed by atoms with Crippen LogP contribution in [-0.2, 0) is 0 Å². The van der Waals surface area contributed by atoms with Crippen LogP contribution >= 0.6 is 0 Å². The number of hydrogen-bond donors (Lipinski definition) is 1. The molecule has 58 valence electrons. The summed E-state index contributed by atoms with van der Waals surface area (Å²) in [6, 6.07) is 0. The zero-order valence-electron chi connectivity index (χ0n) is 6.98. The molecule has 0 spiro atoms. The summed E-state index contributed by atoms with van der Waals surface area (Å²) in [4.78, 5) is 0. The smallest absolute Gasteiger partial charge is 0.00204 e. The largest absolute Gasteiger partial charge is 0.319 e. The van der Waals surface area contributed by atoms with E-state index in [9.17, 15) is 0 Å². The Morgan fingerprint density at radius 2 is 2.50 bits per heavy atom. The molecule has 1 aliphatic carbocycles. The monoisotopic (exact) mass is 139 g/mol. The van der Waals surface area contributed by atoms with Crippen molar-refractivity contribution in [2.75, 3.05) is 13.6 Å². The predicted octanol–water partition coefficient (Wildman–Crippen LogP) is 1.95. The van der Waals surface area contributed by atoms with Crippen LogP contribution in [0.15, 0.2) is 11.6 Å². The average Bonchev–Trinajstić information content (AvgIpc) is 1.95. The third kappa shape index (κ3) is 2.14. The topological polar surface area (TPSA) is 12.0 Å². The summed E-state index contributed by atoms with van der Waals surface area (Å²) in [5.74, 6) is 0.897. The molecule has 0 saturated heterocycles. The second-order valence-electron chi connectivity index (χ2n) is 3.25. The van der Waals surface area contributed by atoms with Gasteiger partial charge in [-0.25, -0.2) is 0 Å². The SMILES string of the molecule is CNC[C@@H]1CC=C(C)CC1. The predicted molar refractivity (Wildman–Crippen MR) is 45.0 cm³/mol. The molecule has 1 N–H and O–H groups in total. The zero-order chi connectivity index (χ0) is 7.40. The molecule has 0 radical (unpaired) electrons. The summed E-state index contributed by atoms with van der Waals surface area (Å²) in [5, 5.41) is 3.22. The Hall–Kier alpha value is -0.300. The molecule has 0 aromatic carbocycles. The van der Waals surface area contributed by atoms with E-state index in [1.165, 1.54) is 25.8 Å². The zero-order valence-corrected chi connectivity index (χ0v) is 6.98. The fraction of sp³-hybridized carbons (Fsp3) is 0.778. The lowest BCUT2D eigenvalue weighted by atomic mass is 9.90. The summed E-state index contributed by atoms with van der Waals surface area (Å²) in [7, 11) is 2.03. The van der Waals surface area contributed by atoms with E-state index in [4.69, 9.17) is 0 Å². The number of nitrogens with one attached hydrogen (secondary N) is 1.